The summed E-state index contributed by atoms with van der Waals surface area (Å²) in [7, 11) is 0. The first-order chi connectivity index (χ1) is 10.8. The molecule has 0 saturated heterocycles. The number of hydrogen-bond acceptors (Lipinski definition) is 7. The average molecular weight is 321 g/mol. The summed E-state index contributed by atoms with van der Waals surface area (Å²) in [5.41, 5.74) is 11.8. The number of nitrogens with zero attached hydrogens (tertiary/aromatic N) is 3. The van der Waals surface area contributed by atoms with Gasteiger partial charge >= 0.3 is 0 Å². The molecular weight excluding hydrogens is 302 g/mol. The summed E-state index contributed by atoms with van der Waals surface area (Å²) in [5.74, 6) is -0.590. The topological polar surface area (TPSA) is 161 Å². The van der Waals surface area contributed by atoms with Crippen LogP contribution in [0.15, 0.2) is 6.20 Å². The van der Waals surface area contributed by atoms with E-state index in [1.54, 1.807) is 11.5 Å². The minimum absolute atomic E-state index is 0.131. The van der Waals surface area contributed by atoms with Crippen LogP contribution in [0.4, 0.5) is 5.82 Å². The molecule has 1 aliphatic carbocycles. The summed E-state index contributed by atoms with van der Waals surface area (Å²) >= 11 is 0. The maximum atomic E-state index is 11.7. The summed E-state index contributed by atoms with van der Waals surface area (Å²) in [6, 6.07) is -0.550. The fraction of sp³-hybridized carbons (Fsp3) is 0.500. The Balaban J connectivity index is 2.20. The molecule has 4 atom stereocenters. The molecule has 0 aliphatic heterocycles. The van der Waals surface area contributed by atoms with E-state index in [0.717, 1.165) is 0 Å². The number of carbonyl (C=O) groups excluding carboxylic acids is 1. The van der Waals surface area contributed by atoms with Gasteiger partial charge in [0.25, 0.3) is 5.91 Å². The average Bonchev–Trinajstić information content (AvgIpc) is 2.99. The number of primary amides is 1. The van der Waals surface area contributed by atoms with Crippen LogP contribution < -0.4 is 11.5 Å². The molecule has 0 radical (unpaired) electrons. The number of carbonyl (C=O) groups is 1. The van der Waals surface area contributed by atoms with Gasteiger partial charge in [-0.3, -0.25) is 4.79 Å². The van der Waals surface area contributed by atoms with Crippen molar-refractivity contribution in [3.63, 3.8) is 0 Å². The lowest BCUT2D eigenvalue weighted by molar-refractivity contribution is -0.00365. The molecule has 2 heterocycles. The SMILES string of the molecule is Cc1nc(N)c2c(C(N)=O)cn([C@@H]3C[C@H](CO)[C@@H](O)[C@H]3O)c2n1. The van der Waals surface area contributed by atoms with Crippen molar-refractivity contribution in [3.05, 3.63) is 17.6 Å². The fourth-order valence-electron chi connectivity index (χ4n) is 3.28. The first kappa shape index (κ1) is 15.7. The van der Waals surface area contributed by atoms with Gasteiger partial charge in [0.1, 0.15) is 23.4 Å². The molecule has 7 N–H and O–H groups in total. The maximum absolute atomic E-state index is 11.7. The highest BCUT2D eigenvalue weighted by Gasteiger charge is 2.43. The van der Waals surface area contributed by atoms with Crippen molar-refractivity contribution < 1.29 is 20.1 Å². The molecule has 1 amide bonds. The Morgan fingerprint density at radius 2 is 2.09 bits per heavy atom. The lowest BCUT2D eigenvalue weighted by Gasteiger charge is -2.19. The highest BCUT2D eigenvalue weighted by atomic mass is 16.3. The second kappa shape index (κ2) is 5.44. The molecule has 124 valence electrons. The minimum atomic E-state index is -1.10. The summed E-state index contributed by atoms with van der Waals surface area (Å²) in [6.07, 6.45) is -0.346. The number of aromatic nitrogens is 3. The van der Waals surface area contributed by atoms with E-state index in [2.05, 4.69) is 9.97 Å². The molecule has 9 heteroatoms. The van der Waals surface area contributed by atoms with Crippen molar-refractivity contribution in [1.82, 2.24) is 14.5 Å². The number of anilines is 1. The molecule has 1 saturated carbocycles. The summed E-state index contributed by atoms with van der Waals surface area (Å²) in [4.78, 5) is 20.0. The number of nitrogens with two attached hydrogens (primary N) is 2. The number of aryl methyl sites for hydroxylation is 1. The Hall–Kier alpha value is -2.23. The molecule has 0 bridgehead atoms. The maximum Gasteiger partial charge on any atom is 0.251 e. The van der Waals surface area contributed by atoms with Gasteiger partial charge in [-0.15, -0.1) is 0 Å². The van der Waals surface area contributed by atoms with Crippen molar-refractivity contribution >= 4 is 22.8 Å². The van der Waals surface area contributed by atoms with Crippen molar-refractivity contribution in [2.75, 3.05) is 12.3 Å². The molecule has 0 spiro atoms. The van der Waals surface area contributed by atoms with Gasteiger partial charge < -0.3 is 31.4 Å². The fourth-order valence-corrected chi connectivity index (χ4v) is 3.28. The van der Waals surface area contributed by atoms with Crippen LogP contribution in [0.2, 0.25) is 0 Å². The van der Waals surface area contributed by atoms with E-state index >= 15 is 0 Å². The first-order valence-electron chi connectivity index (χ1n) is 7.26. The third-order valence-corrected chi connectivity index (χ3v) is 4.44. The number of aliphatic hydroxyl groups excluding tert-OH is 3. The van der Waals surface area contributed by atoms with Gasteiger partial charge in [-0.05, 0) is 13.3 Å². The number of amides is 1. The van der Waals surface area contributed by atoms with Crippen molar-refractivity contribution in [3.8, 4) is 0 Å². The van der Waals surface area contributed by atoms with Crippen LogP contribution in [0, 0.1) is 12.8 Å². The van der Waals surface area contributed by atoms with E-state index in [1.807, 2.05) is 0 Å². The zero-order valence-electron chi connectivity index (χ0n) is 12.5. The zero-order chi connectivity index (χ0) is 16.9. The summed E-state index contributed by atoms with van der Waals surface area (Å²) in [5, 5.41) is 29.9. The molecule has 0 unspecified atom stereocenters. The molecule has 23 heavy (non-hydrogen) atoms. The van der Waals surface area contributed by atoms with Gasteiger partial charge in [-0.25, -0.2) is 9.97 Å². The van der Waals surface area contributed by atoms with Crippen molar-refractivity contribution in [2.24, 2.45) is 11.7 Å². The standard InChI is InChI=1S/C14H19N5O4/c1-5-17-12(15)9-7(13(16)23)3-19(14(9)18-5)8-2-6(4-20)10(21)11(8)22/h3,6,8,10-11,20-22H,2,4H2,1H3,(H2,16,23)(H2,15,17,18)/t6-,8-,10-,11+/m1/s1. The molecule has 1 aliphatic rings. The van der Waals surface area contributed by atoms with Crippen LogP contribution in [0.5, 0.6) is 0 Å². The monoisotopic (exact) mass is 321 g/mol. The van der Waals surface area contributed by atoms with E-state index in [9.17, 15) is 20.1 Å². The van der Waals surface area contributed by atoms with Gasteiger partial charge in [-0.1, -0.05) is 0 Å². The first-order valence-corrected chi connectivity index (χ1v) is 7.26. The summed E-state index contributed by atoms with van der Waals surface area (Å²) < 4.78 is 1.59. The predicted octanol–water partition coefficient (Wildman–Crippen LogP) is -1.30. The Bertz CT molecular complexity index is 774. The summed E-state index contributed by atoms with van der Waals surface area (Å²) in [6.45, 7) is 1.42. The molecule has 2 aromatic heterocycles. The molecule has 3 rings (SSSR count). The minimum Gasteiger partial charge on any atom is -0.396 e. The van der Waals surface area contributed by atoms with E-state index in [1.165, 1.54) is 6.20 Å². The van der Waals surface area contributed by atoms with Gasteiger partial charge in [0.05, 0.1) is 23.1 Å². The Labute approximate surface area is 131 Å². The number of rotatable bonds is 3. The van der Waals surface area contributed by atoms with Crippen LogP contribution >= 0.6 is 0 Å². The predicted molar refractivity (Wildman–Crippen MR) is 81.4 cm³/mol. The largest absolute Gasteiger partial charge is 0.396 e. The van der Waals surface area contributed by atoms with Crippen LogP contribution in [-0.2, 0) is 0 Å². The smallest absolute Gasteiger partial charge is 0.251 e. The van der Waals surface area contributed by atoms with Gasteiger partial charge in [0.2, 0.25) is 0 Å². The normalized spacial score (nSPS) is 27.7. The Kier molecular flexibility index (Phi) is 3.71. The Morgan fingerprint density at radius 1 is 1.39 bits per heavy atom. The van der Waals surface area contributed by atoms with Gasteiger partial charge in [-0.2, -0.15) is 0 Å². The quantitative estimate of drug-likeness (QED) is 0.469. The van der Waals surface area contributed by atoms with Crippen LogP contribution in [0.3, 0.4) is 0 Å². The molecule has 2 aromatic rings. The number of nitrogen functional groups attached to an aromatic ring is 1. The van der Waals surface area contributed by atoms with E-state index in [4.69, 9.17) is 11.5 Å². The second-order valence-electron chi connectivity index (χ2n) is 5.90. The van der Waals surface area contributed by atoms with Crippen molar-refractivity contribution in [2.45, 2.75) is 31.6 Å². The highest BCUT2D eigenvalue weighted by molar-refractivity contribution is 6.08. The number of fused-ring (bicyclic) bond motifs is 1. The number of aliphatic hydroxyl groups is 3. The van der Waals surface area contributed by atoms with E-state index in [-0.39, 0.29) is 18.0 Å². The number of hydrogen-bond donors (Lipinski definition) is 5. The van der Waals surface area contributed by atoms with Crippen LogP contribution in [0.25, 0.3) is 11.0 Å². The molecule has 9 nitrogen and oxygen atoms in total. The third kappa shape index (κ3) is 2.33. The van der Waals surface area contributed by atoms with E-state index in [0.29, 0.717) is 23.3 Å². The molecule has 0 aromatic carbocycles. The lowest BCUT2D eigenvalue weighted by Crippen LogP contribution is -2.30. The van der Waals surface area contributed by atoms with Crippen LogP contribution in [-0.4, -0.2) is 54.6 Å². The third-order valence-electron chi connectivity index (χ3n) is 4.44. The van der Waals surface area contributed by atoms with Crippen molar-refractivity contribution in [1.29, 1.82) is 0 Å². The van der Waals surface area contributed by atoms with E-state index < -0.39 is 30.1 Å². The Morgan fingerprint density at radius 3 is 2.65 bits per heavy atom. The molecular formula is C14H19N5O4. The highest BCUT2D eigenvalue weighted by Crippen LogP contribution is 2.38. The zero-order valence-corrected chi connectivity index (χ0v) is 12.5. The van der Waals surface area contributed by atoms with Gasteiger partial charge in [0, 0.05) is 18.7 Å². The second-order valence-corrected chi connectivity index (χ2v) is 5.90. The van der Waals surface area contributed by atoms with Gasteiger partial charge in [0.15, 0.2) is 0 Å². The molecule has 1 fully saturated rings. The van der Waals surface area contributed by atoms with Crippen LogP contribution in [0.1, 0.15) is 28.6 Å². The lowest BCUT2D eigenvalue weighted by atomic mass is 10.1.